The molecule has 0 aromatic heterocycles. The van der Waals surface area contributed by atoms with E-state index in [2.05, 4.69) is 94.7 Å². The van der Waals surface area contributed by atoms with E-state index in [4.69, 9.17) is 4.74 Å². The van der Waals surface area contributed by atoms with Gasteiger partial charge in [0.05, 0.1) is 30.7 Å². The number of anilines is 2. The number of fused-ring (bicyclic) bond motifs is 1. The molecule has 132 valence electrons. The van der Waals surface area contributed by atoms with Gasteiger partial charge in [-0.1, -0.05) is 72.8 Å². The van der Waals surface area contributed by atoms with Crippen LogP contribution in [0.5, 0.6) is 0 Å². The molecule has 0 spiro atoms. The first-order valence-corrected chi connectivity index (χ1v) is 9.08. The molecule has 0 radical (unpaired) electrons. The van der Waals surface area contributed by atoms with Gasteiger partial charge in [-0.05, 0) is 23.3 Å². The summed E-state index contributed by atoms with van der Waals surface area (Å²) < 4.78 is 5.32. The monoisotopic (exact) mass is 344 g/mol. The quantitative estimate of drug-likeness (QED) is 0.644. The predicted molar refractivity (Wildman–Crippen MR) is 108 cm³/mol. The molecular weight excluding hydrogens is 320 g/mol. The lowest BCUT2D eigenvalue weighted by Gasteiger charge is -2.31. The minimum Gasteiger partial charge on any atom is -0.383 e. The molecule has 0 unspecified atom stereocenters. The summed E-state index contributed by atoms with van der Waals surface area (Å²) in [5.41, 5.74) is 5.17. The van der Waals surface area contributed by atoms with Crippen LogP contribution in [0.2, 0.25) is 0 Å². The van der Waals surface area contributed by atoms with E-state index < -0.39 is 0 Å². The van der Waals surface area contributed by atoms with Gasteiger partial charge in [-0.25, -0.2) is 0 Å². The molecule has 26 heavy (non-hydrogen) atoms. The highest BCUT2D eigenvalue weighted by atomic mass is 16.5. The summed E-state index contributed by atoms with van der Waals surface area (Å²) >= 11 is 0. The van der Waals surface area contributed by atoms with Gasteiger partial charge >= 0.3 is 0 Å². The van der Waals surface area contributed by atoms with Crippen LogP contribution in [-0.2, 0) is 4.74 Å². The van der Waals surface area contributed by atoms with Crippen LogP contribution in [0.3, 0.4) is 0 Å². The molecule has 4 rings (SSSR count). The van der Waals surface area contributed by atoms with Crippen LogP contribution in [0.25, 0.3) is 0 Å². The molecule has 1 aliphatic heterocycles. The van der Waals surface area contributed by atoms with E-state index in [1.807, 2.05) is 0 Å². The maximum Gasteiger partial charge on any atom is 0.0914 e. The van der Waals surface area contributed by atoms with E-state index in [0.29, 0.717) is 0 Å². The van der Waals surface area contributed by atoms with Crippen molar-refractivity contribution in [1.82, 2.24) is 0 Å². The van der Waals surface area contributed by atoms with Gasteiger partial charge in [0.25, 0.3) is 0 Å². The Kier molecular flexibility index (Phi) is 4.89. The lowest BCUT2D eigenvalue weighted by atomic mass is 9.97. The van der Waals surface area contributed by atoms with Gasteiger partial charge in [0.2, 0.25) is 0 Å². The smallest absolute Gasteiger partial charge is 0.0914 e. The summed E-state index contributed by atoms with van der Waals surface area (Å²) in [6.07, 6.45) is 0. The zero-order valence-corrected chi connectivity index (χ0v) is 15.1. The molecule has 0 saturated carbocycles. The maximum atomic E-state index is 5.32. The van der Waals surface area contributed by atoms with Crippen molar-refractivity contribution in [3.8, 4) is 0 Å². The molecule has 1 aliphatic rings. The summed E-state index contributed by atoms with van der Waals surface area (Å²) in [5, 5.41) is 0. The number of nitrogens with zero attached hydrogens (tertiary/aromatic N) is 2. The Balaban J connectivity index is 1.77. The number of hydrogen-bond acceptors (Lipinski definition) is 3. The molecule has 3 aromatic rings. The normalized spacial score (nSPS) is 13.3. The molecule has 1 heterocycles. The molecule has 3 heteroatoms. The first-order chi connectivity index (χ1) is 12.9. The van der Waals surface area contributed by atoms with Crippen LogP contribution in [0, 0.1) is 0 Å². The van der Waals surface area contributed by atoms with Crippen LogP contribution in [0.1, 0.15) is 17.2 Å². The fourth-order valence-corrected chi connectivity index (χ4v) is 3.75. The summed E-state index contributed by atoms with van der Waals surface area (Å²) in [6.45, 7) is 2.47. The van der Waals surface area contributed by atoms with Gasteiger partial charge in [-0.2, -0.15) is 0 Å². The topological polar surface area (TPSA) is 15.7 Å². The maximum absolute atomic E-state index is 5.32. The van der Waals surface area contributed by atoms with Crippen molar-refractivity contribution < 1.29 is 4.74 Å². The van der Waals surface area contributed by atoms with Gasteiger partial charge in [0.1, 0.15) is 0 Å². The number of ether oxygens (including phenoxy) is 1. The van der Waals surface area contributed by atoms with Crippen molar-refractivity contribution in [3.05, 3.63) is 96.1 Å². The van der Waals surface area contributed by atoms with E-state index in [1.165, 1.54) is 22.5 Å². The second kappa shape index (κ2) is 7.63. The third-order valence-corrected chi connectivity index (χ3v) is 4.96. The van der Waals surface area contributed by atoms with Crippen LogP contribution < -0.4 is 9.80 Å². The Hall–Kier alpha value is -2.78. The highest BCUT2D eigenvalue weighted by molar-refractivity contribution is 5.77. The summed E-state index contributed by atoms with van der Waals surface area (Å²) in [5.74, 6) is 0. The van der Waals surface area contributed by atoms with Crippen molar-refractivity contribution >= 4 is 11.4 Å². The molecule has 3 aromatic carbocycles. The van der Waals surface area contributed by atoms with E-state index >= 15 is 0 Å². The van der Waals surface area contributed by atoms with E-state index in [-0.39, 0.29) is 6.04 Å². The summed E-state index contributed by atoms with van der Waals surface area (Å²) in [6, 6.07) is 30.4. The number of benzene rings is 3. The molecule has 0 N–H and O–H groups in total. The number of hydrogen-bond donors (Lipinski definition) is 0. The van der Waals surface area contributed by atoms with Crippen LogP contribution in [0.15, 0.2) is 84.9 Å². The summed E-state index contributed by atoms with van der Waals surface area (Å²) in [7, 11) is 1.76. The number of methoxy groups -OCH3 is 1. The highest BCUT2D eigenvalue weighted by Crippen LogP contribution is 2.42. The van der Waals surface area contributed by atoms with Crippen LogP contribution in [-0.4, -0.2) is 26.9 Å². The van der Waals surface area contributed by atoms with Gasteiger partial charge in [0.15, 0.2) is 0 Å². The fraction of sp³-hybridized carbons (Fsp3) is 0.217. The van der Waals surface area contributed by atoms with Crippen LogP contribution in [0.4, 0.5) is 11.4 Å². The summed E-state index contributed by atoms with van der Waals surface area (Å²) in [4.78, 5) is 4.90. The Morgan fingerprint density at radius 3 is 1.88 bits per heavy atom. The first-order valence-electron chi connectivity index (χ1n) is 9.08. The molecule has 0 saturated heterocycles. The second-order valence-electron chi connectivity index (χ2n) is 6.58. The first kappa shape index (κ1) is 16.7. The molecule has 0 atom stereocenters. The zero-order chi connectivity index (χ0) is 17.8. The van der Waals surface area contributed by atoms with Gasteiger partial charge in [0, 0.05) is 13.7 Å². The number of rotatable bonds is 6. The standard InChI is InChI=1S/C23H24N2O/c1-26-17-16-24-18-25(22-15-9-8-14-21(22)24)23(19-10-4-2-5-11-19)20-12-6-3-7-13-20/h2-15,23H,16-18H2,1H3. The third kappa shape index (κ3) is 3.18. The molecule has 3 nitrogen and oxygen atoms in total. The Bertz CT molecular complexity index is 796. The Morgan fingerprint density at radius 1 is 0.769 bits per heavy atom. The van der Waals surface area contributed by atoms with Crippen LogP contribution >= 0.6 is 0 Å². The van der Waals surface area contributed by atoms with E-state index in [0.717, 1.165) is 19.8 Å². The highest BCUT2D eigenvalue weighted by Gasteiger charge is 2.32. The van der Waals surface area contributed by atoms with Gasteiger partial charge < -0.3 is 14.5 Å². The fourth-order valence-electron chi connectivity index (χ4n) is 3.75. The largest absolute Gasteiger partial charge is 0.383 e. The second-order valence-corrected chi connectivity index (χ2v) is 6.58. The van der Waals surface area contributed by atoms with Gasteiger partial charge in [-0.3, -0.25) is 0 Å². The average Bonchev–Trinajstić information content (AvgIpc) is 3.07. The molecule has 0 aliphatic carbocycles. The lowest BCUT2D eigenvalue weighted by Crippen LogP contribution is -2.35. The molecular formula is C23H24N2O. The molecule has 0 fully saturated rings. The molecule has 0 bridgehead atoms. The SMILES string of the molecule is COCCN1CN(C(c2ccccc2)c2ccccc2)c2ccccc21. The lowest BCUT2D eigenvalue weighted by molar-refractivity contribution is 0.205. The van der Waals surface area contributed by atoms with E-state index in [1.54, 1.807) is 7.11 Å². The Labute approximate surface area is 155 Å². The zero-order valence-electron chi connectivity index (χ0n) is 15.1. The average molecular weight is 344 g/mol. The predicted octanol–water partition coefficient (Wildman–Crippen LogP) is 4.71. The van der Waals surface area contributed by atoms with Crippen molar-refractivity contribution in [2.45, 2.75) is 6.04 Å². The van der Waals surface area contributed by atoms with Crippen molar-refractivity contribution in [2.75, 3.05) is 36.7 Å². The molecule has 0 amide bonds. The van der Waals surface area contributed by atoms with E-state index in [9.17, 15) is 0 Å². The third-order valence-electron chi connectivity index (χ3n) is 4.96. The van der Waals surface area contributed by atoms with Crippen molar-refractivity contribution in [3.63, 3.8) is 0 Å². The minimum atomic E-state index is 0.186. The minimum absolute atomic E-state index is 0.186. The van der Waals surface area contributed by atoms with Crippen molar-refractivity contribution in [2.24, 2.45) is 0 Å². The van der Waals surface area contributed by atoms with Crippen molar-refractivity contribution in [1.29, 1.82) is 0 Å². The number of para-hydroxylation sites is 2. The van der Waals surface area contributed by atoms with Gasteiger partial charge in [-0.15, -0.1) is 0 Å². The Morgan fingerprint density at radius 2 is 1.31 bits per heavy atom.